The van der Waals surface area contributed by atoms with Crippen molar-refractivity contribution < 1.29 is 4.42 Å². The van der Waals surface area contributed by atoms with E-state index in [1.54, 1.807) is 0 Å². The maximum absolute atomic E-state index is 5.42. The third kappa shape index (κ3) is 1.54. The molecule has 1 heterocycles. The van der Waals surface area contributed by atoms with Crippen molar-refractivity contribution in [3.8, 4) is 0 Å². The van der Waals surface area contributed by atoms with Crippen LogP contribution in [0, 0.1) is 5.92 Å². The molecule has 2 N–H and O–H groups in total. The molecule has 0 aromatic carbocycles. The molecule has 0 unspecified atom stereocenters. The van der Waals surface area contributed by atoms with E-state index in [4.69, 9.17) is 10.2 Å². The van der Waals surface area contributed by atoms with Crippen molar-refractivity contribution in [3.63, 3.8) is 0 Å². The average molecular weight is 194 g/mol. The molecular formula is C9H14N4O. The minimum atomic E-state index is 0.168. The molecule has 2 aliphatic carbocycles. The largest absolute Gasteiger partial charge is 0.390 e. The summed E-state index contributed by atoms with van der Waals surface area (Å²) in [6.07, 6.45) is 5.17. The van der Waals surface area contributed by atoms with Crippen LogP contribution in [0.3, 0.4) is 0 Å². The van der Waals surface area contributed by atoms with Gasteiger partial charge in [0, 0.05) is 12.6 Å². The highest BCUT2D eigenvalue weighted by Gasteiger charge is 2.36. The van der Waals surface area contributed by atoms with Crippen molar-refractivity contribution in [1.29, 1.82) is 0 Å². The Morgan fingerprint density at radius 2 is 2.07 bits per heavy atom. The molecule has 0 spiro atoms. The van der Waals surface area contributed by atoms with Gasteiger partial charge in [-0.2, -0.15) is 0 Å². The molecule has 2 saturated carbocycles. The van der Waals surface area contributed by atoms with E-state index >= 15 is 0 Å². The van der Waals surface area contributed by atoms with Gasteiger partial charge < -0.3 is 15.1 Å². The van der Waals surface area contributed by atoms with E-state index < -0.39 is 0 Å². The van der Waals surface area contributed by atoms with Crippen molar-refractivity contribution in [2.75, 3.05) is 17.2 Å². The van der Waals surface area contributed by atoms with Crippen LogP contribution in [0.4, 0.5) is 12.0 Å². The molecule has 0 bridgehead atoms. The minimum absolute atomic E-state index is 0.168. The third-order valence-electron chi connectivity index (χ3n) is 2.82. The van der Waals surface area contributed by atoms with Crippen LogP contribution in [0.15, 0.2) is 4.42 Å². The molecule has 0 aliphatic heterocycles. The quantitative estimate of drug-likeness (QED) is 0.775. The zero-order valence-electron chi connectivity index (χ0n) is 8.02. The Morgan fingerprint density at radius 1 is 1.29 bits per heavy atom. The molecule has 0 atom stereocenters. The van der Waals surface area contributed by atoms with Gasteiger partial charge in [-0.15, -0.1) is 0 Å². The van der Waals surface area contributed by atoms with Gasteiger partial charge in [-0.1, -0.05) is 10.2 Å². The first-order chi connectivity index (χ1) is 6.83. The summed E-state index contributed by atoms with van der Waals surface area (Å²) in [6, 6.07) is 1.40. The second-order valence-corrected chi connectivity index (χ2v) is 4.25. The van der Waals surface area contributed by atoms with E-state index in [0.717, 1.165) is 12.5 Å². The monoisotopic (exact) mass is 194 g/mol. The van der Waals surface area contributed by atoms with Gasteiger partial charge in [-0.3, -0.25) is 0 Å². The fourth-order valence-electron chi connectivity index (χ4n) is 1.69. The first-order valence-corrected chi connectivity index (χ1v) is 5.18. The molecule has 0 saturated heterocycles. The average Bonchev–Trinajstić information content (AvgIpc) is 3.04. The molecule has 0 amide bonds. The lowest BCUT2D eigenvalue weighted by Gasteiger charge is -2.18. The van der Waals surface area contributed by atoms with Crippen LogP contribution in [0.1, 0.15) is 25.7 Å². The molecule has 76 valence electrons. The molecule has 1 aromatic rings. The zero-order valence-corrected chi connectivity index (χ0v) is 8.02. The van der Waals surface area contributed by atoms with Gasteiger partial charge in [0.1, 0.15) is 0 Å². The smallest absolute Gasteiger partial charge is 0.319 e. The van der Waals surface area contributed by atoms with E-state index in [9.17, 15) is 0 Å². The van der Waals surface area contributed by atoms with Gasteiger partial charge in [-0.25, -0.2) is 0 Å². The Kier molecular flexibility index (Phi) is 1.65. The van der Waals surface area contributed by atoms with Crippen LogP contribution in [0.5, 0.6) is 0 Å². The molecular weight excluding hydrogens is 180 g/mol. The highest BCUT2D eigenvalue weighted by Crippen LogP contribution is 2.37. The fraction of sp³-hybridized carbons (Fsp3) is 0.778. The summed E-state index contributed by atoms with van der Waals surface area (Å²) >= 11 is 0. The van der Waals surface area contributed by atoms with E-state index in [1.807, 2.05) is 0 Å². The molecule has 2 aliphatic rings. The van der Waals surface area contributed by atoms with Crippen LogP contribution in [-0.2, 0) is 0 Å². The number of hydrogen-bond donors (Lipinski definition) is 1. The van der Waals surface area contributed by atoms with E-state index in [0.29, 0.717) is 12.1 Å². The summed E-state index contributed by atoms with van der Waals surface area (Å²) in [5, 5.41) is 7.64. The van der Waals surface area contributed by atoms with Gasteiger partial charge in [0.2, 0.25) is 0 Å². The van der Waals surface area contributed by atoms with Crippen LogP contribution < -0.4 is 10.6 Å². The second kappa shape index (κ2) is 2.87. The molecule has 2 fully saturated rings. The number of rotatable bonds is 4. The van der Waals surface area contributed by atoms with Gasteiger partial charge in [0.05, 0.1) is 0 Å². The first kappa shape index (κ1) is 8.08. The molecule has 5 nitrogen and oxygen atoms in total. The number of hydrogen-bond acceptors (Lipinski definition) is 5. The highest BCUT2D eigenvalue weighted by molar-refractivity contribution is 5.32. The van der Waals surface area contributed by atoms with Gasteiger partial charge in [0.25, 0.3) is 0 Å². The molecule has 1 aromatic heterocycles. The standard InChI is InChI=1S/C9H14N4O/c10-8-11-12-9(14-8)13(7-3-4-7)5-6-1-2-6/h6-7H,1-5H2,(H2,10,11). The van der Waals surface area contributed by atoms with E-state index in [-0.39, 0.29) is 6.01 Å². The second-order valence-electron chi connectivity index (χ2n) is 4.25. The van der Waals surface area contributed by atoms with Crippen molar-refractivity contribution in [2.45, 2.75) is 31.7 Å². The summed E-state index contributed by atoms with van der Waals surface area (Å²) in [7, 11) is 0. The van der Waals surface area contributed by atoms with Crippen LogP contribution in [0.25, 0.3) is 0 Å². The summed E-state index contributed by atoms with van der Waals surface area (Å²) in [5.74, 6) is 0.837. The summed E-state index contributed by atoms with van der Waals surface area (Å²) in [6.45, 7) is 1.06. The Labute approximate surface area is 82.3 Å². The highest BCUT2D eigenvalue weighted by atomic mass is 16.4. The van der Waals surface area contributed by atoms with Crippen LogP contribution in [-0.4, -0.2) is 22.8 Å². The normalized spacial score (nSPS) is 21.1. The van der Waals surface area contributed by atoms with Gasteiger partial charge >= 0.3 is 12.0 Å². The van der Waals surface area contributed by atoms with Crippen molar-refractivity contribution in [3.05, 3.63) is 0 Å². The number of nitrogens with two attached hydrogens (primary N) is 1. The van der Waals surface area contributed by atoms with Crippen LogP contribution in [0.2, 0.25) is 0 Å². The van der Waals surface area contributed by atoms with Crippen molar-refractivity contribution >= 4 is 12.0 Å². The van der Waals surface area contributed by atoms with E-state index in [1.165, 1.54) is 25.7 Å². The summed E-state index contributed by atoms with van der Waals surface area (Å²) in [4.78, 5) is 2.22. The van der Waals surface area contributed by atoms with Gasteiger partial charge in [-0.05, 0) is 31.6 Å². The van der Waals surface area contributed by atoms with Crippen LogP contribution >= 0.6 is 0 Å². The van der Waals surface area contributed by atoms with E-state index in [2.05, 4.69) is 15.1 Å². The summed E-state index contributed by atoms with van der Waals surface area (Å²) < 4.78 is 5.26. The Bertz CT molecular complexity index is 329. The molecule has 0 radical (unpaired) electrons. The van der Waals surface area contributed by atoms with Crippen molar-refractivity contribution in [2.24, 2.45) is 5.92 Å². The minimum Gasteiger partial charge on any atom is -0.390 e. The lowest BCUT2D eigenvalue weighted by molar-refractivity contribution is 0.535. The first-order valence-electron chi connectivity index (χ1n) is 5.18. The zero-order chi connectivity index (χ0) is 9.54. The lowest BCUT2D eigenvalue weighted by atomic mass is 10.4. The van der Waals surface area contributed by atoms with Crippen molar-refractivity contribution in [1.82, 2.24) is 10.2 Å². The number of anilines is 2. The number of aromatic nitrogens is 2. The lowest BCUT2D eigenvalue weighted by Crippen LogP contribution is -2.28. The number of nitrogens with zero attached hydrogens (tertiary/aromatic N) is 3. The molecule has 14 heavy (non-hydrogen) atoms. The number of nitrogen functional groups attached to an aromatic ring is 1. The summed E-state index contributed by atoms with van der Waals surface area (Å²) in [5.41, 5.74) is 5.42. The Morgan fingerprint density at radius 3 is 2.57 bits per heavy atom. The predicted molar refractivity (Wildman–Crippen MR) is 51.8 cm³/mol. The third-order valence-corrected chi connectivity index (χ3v) is 2.82. The fourth-order valence-corrected chi connectivity index (χ4v) is 1.69. The Balaban J connectivity index is 1.75. The maximum atomic E-state index is 5.42. The Hall–Kier alpha value is -1.26. The molecule has 3 rings (SSSR count). The maximum Gasteiger partial charge on any atom is 0.319 e. The topological polar surface area (TPSA) is 68.2 Å². The van der Waals surface area contributed by atoms with Gasteiger partial charge in [0.15, 0.2) is 0 Å². The SMILES string of the molecule is Nc1nnc(N(CC2CC2)C2CC2)o1. The predicted octanol–water partition coefficient (Wildman–Crippen LogP) is 1.03. The molecule has 5 heteroatoms.